The number of carbonyl (C=O) groups is 1. The lowest BCUT2D eigenvalue weighted by Crippen LogP contribution is -2.05. The van der Waals surface area contributed by atoms with Crippen molar-refractivity contribution >= 4 is 28.2 Å². The molecule has 6 nitrogen and oxygen atoms in total. The second-order valence-corrected chi connectivity index (χ2v) is 5.94. The van der Waals surface area contributed by atoms with Crippen LogP contribution in [0, 0.1) is 15.9 Å². The number of esters is 1. The summed E-state index contributed by atoms with van der Waals surface area (Å²) in [6.07, 6.45) is 0. The van der Waals surface area contributed by atoms with E-state index in [1.807, 2.05) is 0 Å². The highest BCUT2D eigenvalue weighted by Gasteiger charge is 2.27. The first-order valence-corrected chi connectivity index (χ1v) is 8.17. The topological polar surface area (TPSA) is 82.6 Å². The van der Waals surface area contributed by atoms with Crippen molar-refractivity contribution in [3.63, 3.8) is 0 Å². The highest BCUT2D eigenvalue weighted by Crippen LogP contribution is 2.39. The van der Waals surface area contributed by atoms with Crippen molar-refractivity contribution in [1.29, 1.82) is 0 Å². The van der Waals surface area contributed by atoms with Crippen molar-refractivity contribution in [2.75, 3.05) is 6.61 Å². The lowest BCUT2D eigenvalue weighted by molar-refractivity contribution is -0.385. The van der Waals surface area contributed by atoms with Gasteiger partial charge in [-0.15, -0.1) is 0 Å². The molecule has 0 N–H and O–H groups in total. The van der Waals surface area contributed by atoms with E-state index in [2.05, 4.69) is 6.58 Å². The van der Waals surface area contributed by atoms with E-state index >= 15 is 0 Å². The van der Waals surface area contributed by atoms with Crippen molar-refractivity contribution in [1.82, 2.24) is 0 Å². The van der Waals surface area contributed by atoms with Crippen LogP contribution in [0.15, 0.2) is 47.4 Å². The summed E-state index contributed by atoms with van der Waals surface area (Å²) in [5.41, 5.74) is 1.34. The number of hydrogen-bond acceptors (Lipinski definition) is 5. The first kappa shape index (κ1) is 18.3. The van der Waals surface area contributed by atoms with Crippen molar-refractivity contribution in [2.24, 2.45) is 0 Å². The molecule has 0 aliphatic heterocycles. The largest absolute Gasteiger partial charge is 0.462 e. The summed E-state index contributed by atoms with van der Waals surface area (Å²) < 4.78 is 24.2. The first-order chi connectivity index (χ1) is 12.8. The molecule has 0 aliphatic carbocycles. The summed E-state index contributed by atoms with van der Waals surface area (Å²) in [6, 6.07) is 8.15. The molecule has 0 atom stereocenters. The molecule has 7 heteroatoms. The molecular formula is C20H16FNO5. The van der Waals surface area contributed by atoms with Crippen molar-refractivity contribution in [3.05, 3.63) is 70.0 Å². The van der Waals surface area contributed by atoms with Gasteiger partial charge in [0.05, 0.1) is 23.2 Å². The second kappa shape index (κ2) is 7.03. The molecule has 0 spiro atoms. The molecule has 3 aromatic rings. The normalized spacial score (nSPS) is 10.8. The van der Waals surface area contributed by atoms with E-state index in [4.69, 9.17) is 9.15 Å². The Balaban J connectivity index is 2.36. The molecule has 1 aromatic heterocycles. The van der Waals surface area contributed by atoms with E-state index in [0.717, 1.165) is 0 Å². The number of nitro groups is 1. The van der Waals surface area contributed by atoms with Crippen LogP contribution in [0.1, 0.15) is 29.8 Å². The Morgan fingerprint density at radius 1 is 1.30 bits per heavy atom. The standard InChI is InChI=1S/C20H16FNO5/c1-4-26-20(23)18-15-9-14(11(2)3)16(22(24)25)10-17(15)27-19(18)12-5-7-13(21)8-6-12/h5-10H,2,4H2,1,3H3. The van der Waals surface area contributed by atoms with Gasteiger partial charge in [-0.2, -0.15) is 0 Å². The quantitative estimate of drug-likeness (QED) is 0.344. The zero-order valence-corrected chi connectivity index (χ0v) is 14.7. The van der Waals surface area contributed by atoms with E-state index < -0.39 is 16.7 Å². The van der Waals surface area contributed by atoms with Gasteiger partial charge in [-0.05, 0) is 49.8 Å². The van der Waals surface area contributed by atoms with Crippen molar-refractivity contribution in [3.8, 4) is 11.3 Å². The fourth-order valence-corrected chi connectivity index (χ4v) is 2.84. The Morgan fingerprint density at radius 2 is 1.96 bits per heavy atom. The summed E-state index contributed by atoms with van der Waals surface area (Å²) in [7, 11) is 0. The monoisotopic (exact) mass is 369 g/mol. The molecule has 0 saturated heterocycles. The van der Waals surface area contributed by atoms with Gasteiger partial charge in [0.1, 0.15) is 22.7 Å². The summed E-state index contributed by atoms with van der Waals surface area (Å²) in [5, 5.41) is 11.8. The smallest absolute Gasteiger partial charge is 0.342 e. The van der Waals surface area contributed by atoms with Crippen LogP contribution in [0.5, 0.6) is 0 Å². The summed E-state index contributed by atoms with van der Waals surface area (Å²) in [6.45, 7) is 7.22. The number of ether oxygens (including phenoxy) is 1. The average Bonchev–Trinajstić information content (AvgIpc) is 2.99. The lowest BCUT2D eigenvalue weighted by Gasteiger charge is -2.05. The third-order valence-electron chi connectivity index (χ3n) is 4.05. The van der Waals surface area contributed by atoms with Crippen LogP contribution < -0.4 is 0 Å². The lowest BCUT2D eigenvalue weighted by atomic mass is 10.0. The number of carbonyl (C=O) groups excluding carboxylic acids is 1. The number of nitro benzene ring substituents is 1. The van der Waals surface area contributed by atoms with Crippen molar-refractivity contribution < 1.29 is 23.3 Å². The highest BCUT2D eigenvalue weighted by atomic mass is 19.1. The van der Waals surface area contributed by atoms with Crippen LogP contribution >= 0.6 is 0 Å². The number of hydrogen-bond donors (Lipinski definition) is 0. The Hall–Kier alpha value is -3.48. The molecule has 3 rings (SSSR count). The van der Waals surface area contributed by atoms with Gasteiger partial charge in [0.15, 0.2) is 0 Å². The van der Waals surface area contributed by atoms with Gasteiger partial charge in [0.2, 0.25) is 0 Å². The van der Waals surface area contributed by atoms with Crippen LogP contribution in [-0.2, 0) is 4.74 Å². The SMILES string of the molecule is C=C(C)c1cc2c(C(=O)OCC)c(-c3ccc(F)cc3)oc2cc1[N+](=O)[O-]. The highest BCUT2D eigenvalue weighted by molar-refractivity contribution is 6.10. The molecule has 0 amide bonds. The van der Waals surface area contributed by atoms with E-state index in [0.29, 0.717) is 22.1 Å². The molecule has 1 heterocycles. The van der Waals surface area contributed by atoms with E-state index in [1.54, 1.807) is 13.8 Å². The van der Waals surface area contributed by atoms with E-state index in [9.17, 15) is 19.3 Å². The Bertz CT molecular complexity index is 1070. The summed E-state index contributed by atoms with van der Waals surface area (Å²) >= 11 is 0. The van der Waals surface area contributed by atoms with Gasteiger partial charge < -0.3 is 9.15 Å². The van der Waals surface area contributed by atoms with Crippen LogP contribution in [0.25, 0.3) is 27.9 Å². The number of halogens is 1. The van der Waals surface area contributed by atoms with Crippen LogP contribution in [-0.4, -0.2) is 17.5 Å². The molecule has 0 unspecified atom stereocenters. The fraction of sp³-hybridized carbons (Fsp3) is 0.150. The maximum absolute atomic E-state index is 13.3. The van der Waals surface area contributed by atoms with Gasteiger partial charge in [-0.1, -0.05) is 6.58 Å². The average molecular weight is 369 g/mol. The molecule has 138 valence electrons. The second-order valence-electron chi connectivity index (χ2n) is 5.94. The minimum Gasteiger partial charge on any atom is -0.462 e. The third-order valence-corrected chi connectivity index (χ3v) is 4.05. The first-order valence-electron chi connectivity index (χ1n) is 8.17. The molecule has 0 aliphatic rings. The van der Waals surface area contributed by atoms with Gasteiger partial charge in [0.25, 0.3) is 5.69 Å². The molecule has 0 saturated carbocycles. The minimum absolute atomic E-state index is 0.135. The number of rotatable bonds is 5. The zero-order valence-electron chi connectivity index (χ0n) is 14.7. The fourth-order valence-electron chi connectivity index (χ4n) is 2.84. The van der Waals surface area contributed by atoms with E-state index in [1.165, 1.54) is 36.4 Å². The van der Waals surface area contributed by atoms with Gasteiger partial charge in [-0.3, -0.25) is 10.1 Å². The number of benzene rings is 2. The number of nitrogens with zero attached hydrogens (tertiary/aromatic N) is 1. The van der Waals surface area contributed by atoms with Gasteiger partial charge in [-0.25, -0.2) is 9.18 Å². The predicted octanol–water partition coefficient (Wildman–Crippen LogP) is 5.36. The number of allylic oxidation sites excluding steroid dienone is 1. The van der Waals surface area contributed by atoms with Crippen LogP contribution in [0.3, 0.4) is 0 Å². The zero-order chi connectivity index (χ0) is 19.7. The molecule has 2 aromatic carbocycles. The third kappa shape index (κ3) is 3.31. The molecule has 27 heavy (non-hydrogen) atoms. The van der Waals surface area contributed by atoms with Gasteiger partial charge >= 0.3 is 5.97 Å². The minimum atomic E-state index is -0.628. The Labute approximate surface area is 154 Å². The molecule has 0 fully saturated rings. The number of fused-ring (bicyclic) bond motifs is 1. The van der Waals surface area contributed by atoms with Crippen LogP contribution in [0.2, 0.25) is 0 Å². The maximum Gasteiger partial charge on any atom is 0.342 e. The Kier molecular flexibility index (Phi) is 4.77. The van der Waals surface area contributed by atoms with Crippen LogP contribution in [0.4, 0.5) is 10.1 Å². The molecule has 0 bridgehead atoms. The van der Waals surface area contributed by atoms with Crippen molar-refractivity contribution in [2.45, 2.75) is 13.8 Å². The number of furan rings is 1. The Morgan fingerprint density at radius 3 is 2.52 bits per heavy atom. The summed E-state index contributed by atoms with van der Waals surface area (Å²) in [4.78, 5) is 23.4. The van der Waals surface area contributed by atoms with E-state index in [-0.39, 0.29) is 29.2 Å². The molecular weight excluding hydrogens is 353 g/mol. The predicted molar refractivity (Wildman–Crippen MR) is 98.9 cm³/mol. The maximum atomic E-state index is 13.3. The molecule has 0 radical (unpaired) electrons. The van der Waals surface area contributed by atoms with Gasteiger partial charge in [0, 0.05) is 10.9 Å². The summed E-state index contributed by atoms with van der Waals surface area (Å²) in [5.74, 6) is -0.901.